The first-order valence-electron chi connectivity index (χ1n) is 7.45. The molecule has 5 nitrogen and oxygen atoms in total. The highest BCUT2D eigenvalue weighted by Gasteiger charge is 2.40. The molecule has 6 heteroatoms. The van der Waals surface area contributed by atoms with E-state index in [9.17, 15) is 0 Å². The second-order valence-electron chi connectivity index (χ2n) is 6.17. The van der Waals surface area contributed by atoms with Gasteiger partial charge < -0.3 is 5.32 Å². The van der Waals surface area contributed by atoms with Gasteiger partial charge in [-0.15, -0.1) is 0 Å². The van der Waals surface area contributed by atoms with Gasteiger partial charge in [-0.2, -0.15) is 5.10 Å². The average molecular weight is 293 g/mol. The molecule has 1 aliphatic carbocycles. The molecule has 1 aromatic rings. The molecule has 1 saturated heterocycles. The number of aryl methyl sites for hydroxylation is 1. The zero-order chi connectivity index (χ0) is 14.0. The Morgan fingerprint density at radius 1 is 1.60 bits per heavy atom. The molecule has 1 aromatic heterocycles. The SMILES string of the molecule is CC1CCCC2(CSC(=NCCc3ncn(C)n3)N2)C1. The van der Waals surface area contributed by atoms with Gasteiger partial charge in [-0.1, -0.05) is 31.5 Å². The first kappa shape index (κ1) is 13.9. The fourth-order valence-corrected chi connectivity index (χ4v) is 4.47. The van der Waals surface area contributed by atoms with Crippen molar-refractivity contribution in [1.29, 1.82) is 0 Å². The number of amidine groups is 1. The Morgan fingerprint density at radius 2 is 2.50 bits per heavy atom. The standard InChI is InChI=1S/C14H23N5S/c1-11-4-3-6-14(8-11)9-20-13(17-14)15-7-5-12-16-10-19(2)18-12/h10-11H,3-9H2,1-2H3,(H,15,17). The fraction of sp³-hybridized carbons (Fsp3) is 0.786. The predicted octanol–water partition coefficient (Wildman–Crippen LogP) is 2.00. The van der Waals surface area contributed by atoms with Crippen LogP contribution in [0.25, 0.3) is 0 Å². The van der Waals surface area contributed by atoms with Crippen molar-refractivity contribution in [2.45, 2.75) is 44.6 Å². The summed E-state index contributed by atoms with van der Waals surface area (Å²) in [6.45, 7) is 3.14. The van der Waals surface area contributed by atoms with Crippen LogP contribution < -0.4 is 5.32 Å². The molecule has 2 unspecified atom stereocenters. The molecule has 2 fully saturated rings. The molecule has 1 spiro atoms. The number of hydrogen-bond acceptors (Lipinski definition) is 4. The van der Waals surface area contributed by atoms with Crippen LogP contribution in [0.3, 0.4) is 0 Å². The van der Waals surface area contributed by atoms with Crippen LogP contribution in [-0.4, -0.2) is 37.8 Å². The zero-order valence-corrected chi connectivity index (χ0v) is 13.1. The highest BCUT2D eigenvalue weighted by Crippen LogP contribution is 2.38. The fourth-order valence-electron chi connectivity index (χ4n) is 3.25. The maximum atomic E-state index is 4.68. The highest BCUT2D eigenvalue weighted by atomic mass is 32.2. The van der Waals surface area contributed by atoms with Crippen molar-refractivity contribution in [3.05, 3.63) is 12.2 Å². The van der Waals surface area contributed by atoms with Crippen LogP contribution in [0.5, 0.6) is 0 Å². The molecule has 0 radical (unpaired) electrons. The Kier molecular flexibility index (Phi) is 4.01. The summed E-state index contributed by atoms with van der Waals surface area (Å²) >= 11 is 1.88. The molecule has 20 heavy (non-hydrogen) atoms. The summed E-state index contributed by atoms with van der Waals surface area (Å²) in [5.74, 6) is 2.90. The van der Waals surface area contributed by atoms with Gasteiger partial charge in [-0.3, -0.25) is 9.67 Å². The molecule has 110 valence electrons. The third-order valence-electron chi connectivity index (χ3n) is 4.19. The van der Waals surface area contributed by atoms with E-state index in [0.29, 0.717) is 5.54 Å². The molecule has 0 bridgehead atoms. The van der Waals surface area contributed by atoms with Gasteiger partial charge in [0.15, 0.2) is 11.0 Å². The Morgan fingerprint density at radius 3 is 3.25 bits per heavy atom. The smallest absolute Gasteiger partial charge is 0.157 e. The molecular weight excluding hydrogens is 270 g/mol. The first-order chi connectivity index (χ1) is 9.65. The van der Waals surface area contributed by atoms with E-state index in [-0.39, 0.29) is 0 Å². The largest absolute Gasteiger partial charge is 0.359 e. The molecule has 2 aliphatic rings. The van der Waals surface area contributed by atoms with Gasteiger partial charge in [0.25, 0.3) is 0 Å². The van der Waals surface area contributed by atoms with Crippen LogP contribution in [0.15, 0.2) is 11.3 Å². The molecule has 0 amide bonds. The average Bonchev–Trinajstić information content (AvgIpc) is 2.97. The summed E-state index contributed by atoms with van der Waals surface area (Å²) in [7, 11) is 1.89. The second-order valence-corrected chi connectivity index (χ2v) is 7.13. The number of hydrogen-bond donors (Lipinski definition) is 1. The van der Waals surface area contributed by atoms with Crippen molar-refractivity contribution < 1.29 is 0 Å². The monoisotopic (exact) mass is 293 g/mol. The van der Waals surface area contributed by atoms with Crippen LogP contribution in [0, 0.1) is 5.92 Å². The van der Waals surface area contributed by atoms with E-state index in [1.54, 1.807) is 11.0 Å². The van der Waals surface area contributed by atoms with Gasteiger partial charge in [0.2, 0.25) is 0 Å². The van der Waals surface area contributed by atoms with Gasteiger partial charge >= 0.3 is 0 Å². The predicted molar refractivity (Wildman–Crippen MR) is 83.0 cm³/mol. The summed E-state index contributed by atoms with van der Waals surface area (Å²) in [4.78, 5) is 8.91. The topological polar surface area (TPSA) is 55.1 Å². The van der Waals surface area contributed by atoms with Crippen molar-refractivity contribution in [1.82, 2.24) is 20.1 Å². The third kappa shape index (κ3) is 3.16. The zero-order valence-electron chi connectivity index (χ0n) is 12.3. The van der Waals surface area contributed by atoms with E-state index in [1.807, 2.05) is 18.8 Å². The Labute approximate surface area is 124 Å². The number of nitrogens with one attached hydrogen (secondary N) is 1. The van der Waals surface area contributed by atoms with Gasteiger partial charge in [0.1, 0.15) is 6.33 Å². The Balaban J connectivity index is 1.52. The quantitative estimate of drug-likeness (QED) is 0.926. The summed E-state index contributed by atoms with van der Waals surface area (Å²) in [5.41, 5.74) is 0.324. The van der Waals surface area contributed by atoms with Crippen molar-refractivity contribution in [3.63, 3.8) is 0 Å². The summed E-state index contributed by atoms with van der Waals surface area (Å²) in [6.07, 6.45) is 7.87. The number of aliphatic imine (C=N–C) groups is 1. The van der Waals surface area contributed by atoms with Crippen molar-refractivity contribution >= 4 is 16.9 Å². The lowest BCUT2D eigenvalue weighted by atomic mass is 9.78. The summed E-state index contributed by atoms with van der Waals surface area (Å²) in [6, 6.07) is 0. The maximum absolute atomic E-state index is 4.68. The van der Waals surface area contributed by atoms with E-state index in [2.05, 4.69) is 27.3 Å². The number of nitrogens with zero attached hydrogens (tertiary/aromatic N) is 4. The molecule has 3 rings (SSSR count). The molecule has 0 aromatic carbocycles. The van der Waals surface area contributed by atoms with Gasteiger partial charge in [-0.25, -0.2) is 4.98 Å². The lowest BCUT2D eigenvalue weighted by Crippen LogP contribution is -2.47. The molecule has 2 heterocycles. The van der Waals surface area contributed by atoms with E-state index in [1.165, 1.54) is 31.4 Å². The van der Waals surface area contributed by atoms with Crippen molar-refractivity contribution in [2.75, 3.05) is 12.3 Å². The summed E-state index contributed by atoms with van der Waals surface area (Å²) in [5, 5.41) is 9.09. The molecule has 1 aliphatic heterocycles. The minimum Gasteiger partial charge on any atom is -0.359 e. The number of aromatic nitrogens is 3. The van der Waals surface area contributed by atoms with Crippen LogP contribution in [0.1, 0.15) is 38.4 Å². The van der Waals surface area contributed by atoms with Gasteiger partial charge in [0, 0.05) is 31.3 Å². The first-order valence-corrected chi connectivity index (χ1v) is 8.44. The maximum Gasteiger partial charge on any atom is 0.157 e. The minimum atomic E-state index is 0.324. The van der Waals surface area contributed by atoms with E-state index in [0.717, 1.165) is 29.9 Å². The van der Waals surface area contributed by atoms with Crippen LogP contribution in [0.4, 0.5) is 0 Å². The van der Waals surface area contributed by atoms with Gasteiger partial charge in [-0.05, 0) is 18.8 Å². The van der Waals surface area contributed by atoms with Crippen LogP contribution >= 0.6 is 11.8 Å². The number of thioether (sulfide) groups is 1. The third-order valence-corrected chi connectivity index (χ3v) is 5.39. The lowest BCUT2D eigenvalue weighted by molar-refractivity contribution is 0.242. The highest BCUT2D eigenvalue weighted by molar-refractivity contribution is 8.14. The van der Waals surface area contributed by atoms with E-state index >= 15 is 0 Å². The Bertz CT molecular complexity index is 498. The van der Waals surface area contributed by atoms with Crippen molar-refractivity contribution in [3.8, 4) is 0 Å². The van der Waals surface area contributed by atoms with Gasteiger partial charge in [0.05, 0.1) is 0 Å². The molecule has 2 atom stereocenters. The van der Waals surface area contributed by atoms with Crippen LogP contribution in [-0.2, 0) is 13.5 Å². The lowest BCUT2D eigenvalue weighted by Gasteiger charge is -2.36. The second kappa shape index (κ2) is 5.76. The molecule has 1 N–H and O–H groups in total. The molecule has 1 saturated carbocycles. The van der Waals surface area contributed by atoms with E-state index in [4.69, 9.17) is 0 Å². The van der Waals surface area contributed by atoms with Crippen molar-refractivity contribution in [2.24, 2.45) is 18.0 Å². The normalized spacial score (nSPS) is 31.9. The number of rotatable bonds is 3. The van der Waals surface area contributed by atoms with Crippen LogP contribution in [0.2, 0.25) is 0 Å². The Hall–Kier alpha value is -1.04. The summed E-state index contributed by atoms with van der Waals surface area (Å²) < 4.78 is 1.74. The molecular formula is C14H23N5S. The van der Waals surface area contributed by atoms with E-state index < -0.39 is 0 Å². The minimum absolute atomic E-state index is 0.324.